The first kappa shape index (κ1) is 13.0. The molecule has 0 saturated heterocycles. The summed E-state index contributed by atoms with van der Waals surface area (Å²) >= 11 is 0. The molecule has 0 aliphatic carbocycles. The van der Waals surface area contributed by atoms with Crippen LogP contribution in [0.3, 0.4) is 0 Å². The fraction of sp³-hybridized carbons (Fsp3) is 0.294. The van der Waals surface area contributed by atoms with Gasteiger partial charge in [0.1, 0.15) is 0 Å². The lowest BCUT2D eigenvalue weighted by Crippen LogP contribution is -2.04. The molecule has 1 aliphatic rings. The maximum Gasteiger partial charge on any atom is 0.161 e. The van der Waals surface area contributed by atoms with Crippen LogP contribution < -0.4 is 14.8 Å². The predicted octanol–water partition coefficient (Wildman–Crippen LogP) is 3.23. The molecule has 3 rings (SSSR count). The Morgan fingerprint density at radius 3 is 2.35 bits per heavy atom. The molecule has 1 N–H and O–H groups in total. The van der Waals surface area contributed by atoms with Gasteiger partial charge in [-0.25, -0.2) is 0 Å². The maximum absolute atomic E-state index is 5.74. The zero-order valence-corrected chi connectivity index (χ0v) is 11.7. The molecule has 0 radical (unpaired) electrons. The summed E-state index contributed by atoms with van der Waals surface area (Å²) in [5.74, 6) is 1.69. The Labute approximate surface area is 119 Å². The lowest BCUT2D eigenvalue weighted by atomic mass is 10.0. The number of hydrogen-bond acceptors (Lipinski definition) is 3. The third kappa shape index (κ3) is 2.78. The molecule has 2 aromatic rings. The van der Waals surface area contributed by atoms with Crippen molar-refractivity contribution in [2.45, 2.75) is 13.0 Å². The van der Waals surface area contributed by atoms with Gasteiger partial charge < -0.3 is 14.8 Å². The molecule has 1 aliphatic heterocycles. The van der Waals surface area contributed by atoms with Crippen LogP contribution >= 0.6 is 0 Å². The molecule has 0 amide bonds. The third-order valence-corrected chi connectivity index (χ3v) is 3.42. The fourth-order valence-electron chi connectivity index (χ4n) is 2.36. The number of fused-ring (bicyclic) bond motifs is 1. The quantitative estimate of drug-likeness (QED) is 0.928. The Balaban J connectivity index is 1.88. The Kier molecular flexibility index (Phi) is 3.88. The second-order valence-electron chi connectivity index (χ2n) is 4.94. The first-order valence-corrected chi connectivity index (χ1v) is 7.00. The van der Waals surface area contributed by atoms with Gasteiger partial charge in [0.05, 0.1) is 13.2 Å². The number of hydrogen-bond donors (Lipinski definition) is 1. The number of ether oxygens (including phenoxy) is 2. The molecule has 0 atom stereocenters. The van der Waals surface area contributed by atoms with Gasteiger partial charge in [-0.15, -0.1) is 0 Å². The van der Waals surface area contributed by atoms with Gasteiger partial charge in [0.2, 0.25) is 0 Å². The third-order valence-electron chi connectivity index (χ3n) is 3.42. The summed E-state index contributed by atoms with van der Waals surface area (Å²) in [7, 11) is 1.96. The highest BCUT2D eigenvalue weighted by Gasteiger charge is 2.11. The van der Waals surface area contributed by atoms with Gasteiger partial charge in [-0.3, -0.25) is 0 Å². The molecule has 3 heteroatoms. The van der Waals surface area contributed by atoms with Crippen LogP contribution in [-0.4, -0.2) is 20.3 Å². The van der Waals surface area contributed by atoms with Crippen LogP contribution in [0.25, 0.3) is 11.1 Å². The van der Waals surface area contributed by atoms with E-state index in [1.807, 2.05) is 13.1 Å². The van der Waals surface area contributed by atoms with Crippen LogP contribution in [0.4, 0.5) is 0 Å². The van der Waals surface area contributed by atoms with E-state index in [-0.39, 0.29) is 0 Å². The summed E-state index contributed by atoms with van der Waals surface area (Å²) in [5.41, 5.74) is 3.64. The molecule has 0 unspecified atom stereocenters. The Hall–Kier alpha value is -2.00. The van der Waals surface area contributed by atoms with E-state index < -0.39 is 0 Å². The molecule has 20 heavy (non-hydrogen) atoms. The van der Waals surface area contributed by atoms with Crippen LogP contribution in [0.2, 0.25) is 0 Å². The van der Waals surface area contributed by atoms with Crippen LogP contribution in [0.5, 0.6) is 11.5 Å². The molecule has 0 bridgehead atoms. The average molecular weight is 269 g/mol. The standard InChI is InChI=1S/C17H19NO2/c1-18-12-13-3-5-14(6-4-13)15-7-8-16-17(11-15)20-10-2-9-19-16/h3-8,11,18H,2,9-10,12H2,1H3. The van der Waals surface area contributed by atoms with E-state index in [4.69, 9.17) is 9.47 Å². The van der Waals surface area contributed by atoms with Crippen molar-refractivity contribution in [3.63, 3.8) is 0 Å². The first-order valence-electron chi connectivity index (χ1n) is 7.00. The molecule has 0 spiro atoms. The second-order valence-corrected chi connectivity index (χ2v) is 4.94. The molecule has 0 saturated carbocycles. The van der Waals surface area contributed by atoms with Crippen LogP contribution in [0.1, 0.15) is 12.0 Å². The Morgan fingerprint density at radius 1 is 0.900 bits per heavy atom. The van der Waals surface area contributed by atoms with Gasteiger partial charge >= 0.3 is 0 Å². The maximum atomic E-state index is 5.74. The van der Waals surface area contributed by atoms with Crippen molar-refractivity contribution < 1.29 is 9.47 Å². The number of rotatable bonds is 3. The smallest absolute Gasteiger partial charge is 0.161 e. The largest absolute Gasteiger partial charge is 0.490 e. The molecule has 0 aromatic heterocycles. The van der Waals surface area contributed by atoms with Crippen molar-refractivity contribution in [1.29, 1.82) is 0 Å². The highest BCUT2D eigenvalue weighted by atomic mass is 16.5. The topological polar surface area (TPSA) is 30.5 Å². The van der Waals surface area contributed by atoms with Gasteiger partial charge in [0.15, 0.2) is 11.5 Å². The van der Waals surface area contributed by atoms with E-state index in [0.717, 1.165) is 43.2 Å². The molecule has 3 nitrogen and oxygen atoms in total. The van der Waals surface area contributed by atoms with Crippen molar-refractivity contribution in [3.05, 3.63) is 48.0 Å². The van der Waals surface area contributed by atoms with E-state index in [9.17, 15) is 0 Å². The minimum atomic E-state index is 0.720. The molecule has 2 aromatic carbocycles. The van der Waals surface area contributed by atoms with Crippen molar-refractivity contribution in [1.82, 2.24) is 5.32 Å². The summed E-state index contributed by atoms with van der Waals surface area (Å²) < 4.78 is 11.4. The Bertz CT molecular complexity index is 578. The van der Waals surface area contributed by atoms with Gasteiger partial charge in [0.25, 0.3) is 0 Å². The minimum Gasteiger partial charge on any atom is -0.490 e. The van der Waals surface area contributed by atoms with Crippen molar-refractivity contribution >= 4 is 0 Å². The SMILES string of the molecule is CNCc1ccc(-c2ccc3c(c2)OCCCO3)cc1. The summed E-state index contributed by atoms with van der Waals surface area (Å²) in [6.07, 6.45) is 0.933. The molecule has 0 fully saturated rings. The average Bonchev–Trinajstić information content (AvgIpc) is 2.73. The van der Waals surface area contributed by atoms with Gasteiger partial charge in [0, 0.05) is 13.0 Å². The summed E-state index contributed by atoms with van der Waals surface area (Å²) in [4.78, 5) is 0. The van der Waals surface area contributed by atoms with E-state index in [0.29, 0.717) is 0 Å². The van der Waals surface area contributed by atoms with Crippen LogP contribution in [-0.2, 0) is 6.54 Å². The van der Waals surface area contributed by atoms with Gasteiger partial charge in [-0.1, -0.05) is 30.3 Å². The monoisotopic (exact) mass is 269 g/mol. The van der Waals surface area contributed by atoms with Crippen LogP contribution in [0.15, 0.2) is 42.5 Å². The number of benzene rings is 2. The number of nitrogens with one attached hydrogen (secondary N) is 1. The minimum absolute atomic E-state index is 0.720. The van der Waals surface area contributed by atoms with Gasteiger partial charge in [-0.05, 0) is 35.9 Å². The summed E-state index contributed by atoms with van der Waals surface area (Å²) in [6.45, 7) is 2.34. The summed E-state index contributed by atoms with van der Waals surface area (Å²) in [5, 5.41) is 3.15. The highest BCUT2D eigenvalue weighted by Crippen LogP contribution is 2.34. The zero-order chi connectivity index (χ0) is 13.8. The molecule has 1 heterocycles. The second kappa shape index (κ2) is 5.97. The van der Waals surface area contributed by atoms with E-state index in [1.165, 1.54) is 11.1 Å². The van der Waals surface area contributed by atoms with Crippen molar-refractivity contribution in [2.75, 3.05) is 20.3 Å². The lowest BCUT2D eigenvalue weighted by molar-refractivity contribution is 0.297. The van der Waals surface area contributed by atoms with E-state index in [1.54, 1.807) is 0 Å². The molecule has 104 valence electrons. The normalized spacial score (nSPS) is 13.8. The zero-order valence-electron chi connectivity index (χ0n) is 11.7. The predicted molar refractivity (Wildman–Crippen MR) is 80.2 cm³/mol. The van der Waals surface area contributed by atoms with Crippen molar-refractivity contribution in [3.8, 4) is 22.6 Å². The van der Waals surface area contributed by atoms with Crippen molar-refractivity contribution in [2.24, 2.45) is 0 Å². The summed E-state index contributed by atoms with van der Waals surface area (Å²) in [6, 6.07) is 14.7. The first-order chi connectivity index (χ1) is 9.86. The van der Waals surface area contributed by atoms with Crippen LogP contribution in [0, 0.1) is 0 Å². The molecular formula is C17H19NO2. The van der Waals surface area contributed by atoms with E-state index in [2.05, 4.69) is 41.7 Å². The Morgan fingerprint density at radius 2 is 1.60 bits per heavy atom. The van der Waals surface area contributed by atoms with Gasteiger partial charge in [-0.2, -0.15) is 0 Å². The van der Waals surface area contributed by atoms with E-state index >= 15 is 0 Å². The highest BCUT2D eigenvalue weighted by molar-refractivity contribution is 5.67. The molecular weight excluding hydrogens is 250 g/mol. The lowest BCUT2D eigenvalue weighted by Gasteiger charge is -2.10. The fourth-order valence-corrected chi connectivity index (χ4v) is 2.36.